The van der Waals surface area contributed by atoms with Crippen molar-refractivity contribution in [3.63, 3.8) is 0 Å². The Hall–Kier alpha value is -3.68. The van der Waals surface area contributed by atoms with Crippen LogP contribution in [0.15, 0.2) is 36.4 Å². The van der Waals surface area contributed by atoms with Gasteiger partial charge in [-0.15, -0.1) is 0 Å². The van der Waals surface area contributed by atoms with Crippen molar-refractivity contribution in [1.82, 2.24) is 0 Å². The predicted octanol–water partition coefficient (Wildman–Crippen LogP) is 1.82. The van der Waals surface area contributed by atoms with Crippen molar-refractivity contribution in [1.29, 1.82) is 0 Å². The second-order valence-electron chi connectivity index (χ2n) is 4.53. The van der Waals surface area contributed by atoms with Gasteiger partial charge in [0.15, 0.2) is 0 Å². The highest BCUT2D eigenvalue weighted by Gasteiger charge is 2.13. The van der Waals surface area contributed by atoms with Crippen LogP contribution in [0, 0.1) is 0 Å². The smallest absolute Gasteiger partial charge is 0.335 e. The highest BCUT2D eigenvalue weighted by molar-refractivity contribution is 5.92. The van der Waals surface area contributed by atoms with Gasteiger partial charge in [-0.1, -0.05) is 0 Å². The number of hydrogen-bond donors (Lipinski definition) is 2. The quantitative estimate of drug-likeness (QED) is 0.736. The molecule has 122 valence electrons. The number of rotatable bonds is 7. The third-order valence-electron chi connectivity index (χ3n) is 3.01. The summed E-state index contributed by atoms with van der Waals surface area (Å²) in [6.45, 7) is 0.276. The van der Waals surface area contributed by atoms with Crippen LogP contribution in [0.2, 0.25) is 0 Å². The first-order valence-electron chi connectivity index (χ1n) is 6.42. The molecule has 0 amide bonds. The fraction of sp³-hybridized carbons (Fsp3) is 0. The molecule has 2 aromatic carbocycles. The second kappa shape index (κ2) is 7.05. The third-order valence-corrected chi connectivity index (χ3v) is 3.01. The van der Waals surface area contributed by atoms with Gasteiger partial charge in [-0.25, -0.2) is 9.59 Å². The summed E-state index contributed by atoms with van der Waals surface area (Å²) in [4.78, 5) is 43.3. The van der Waals surface area contributed by atoms with E-state index in [0.717, 1.165) is 12.1 Å². The van der Waals surface area contributed by atoms with Crippen LogP contribution in [0.25, 0.3) is 11.1 Å². The molecule has 2 N–H and O–H groups in total. The van der Waals surface area contributed by atoms with Crippen LogP contribution in [-0.2, 0) is 9.59 Å². The summed E-state index contributed by atoms with van der Waals surface area (Å²) in [7, 11) is 0. The standard InChI is InChI=1S/C16H10O8/c17-7-23-13-3-9(1-11(5-13)15(19)20)10-2-12(16(21)22)6-14(4-10)24-8-18/h1-8H,(H,19,20)(H,21,22). The maximum absolute atomic E-state index is 11.2. The molecule has 0 fully saturated rings. The van der Waals surface area contributed by atoms with Crippen LogP contribution in [0.4, 0.5) is 0 Å². The number of benzene rings is 2. The van der Waals surface area contributed by atoms with Gasteiger partial charge in [0.25, 0.3) is 12.9 Å². The van der Waals surface area contributed by atoms with Gasteiger partial charge in [0.2, 0.25) is 0 Å². The molecule has 0 aromatic heterocycles. The topological polar surface area (TPSA) is 127 Å². The molecule has 0 spiro atoms. The number of carbonyl (C=O) groups is 4. The minimum absolute atomic E-state index is 0.0292. The lowest BCUT2D eigenvalue weighted by Gasteiger charge is -2.09. The summed E-state index contributed by atoms with van der Waals surface area (Å²) in [5, 5.41) is 18.2. The maximum Gasteiger partial charge on any atom is 0.335 e. The fourth-order valence-electron chi connectivity index (χ4n) is 2.03. The van der Waals surface area contributed by atoms with Crippen LogP contribution < -0.4 is 9.47 Å². The number of carboxylic acids is 2. The molecule has 8 nitrogen and oxygen atoms in total. The molecule has 24 heavy (non-hydrogen) atoms. The van der Waals surface area contributed by atoms with Gasteiger partial charge < -0.3 is 19.7 Å². The number of ether oxygens (including phenoxy) is 2. The SMILES string of the molecule is O=COc1cc(C(=O)O)cc(-c2cc(OC=O)cc(C(=O)O)c2)c1. The molecule has 8 heteroatoms. The average Bonchev–Trinajstić information content (AvgIpc) is 2.54. The number of aromatic carboxylic acids is 2. The summed E-state index contributed by atoms with van der Waals surface area (Å²) in [6, 6.07) is 7.53. The van der Waals surface area contributed by atoms with Crippen LogP contribution in [0.1, 0.15) is 20.7 Å². The summed E-state index contributed by atoms with van der Waals surface area (Å²) in [5.74, 6) is -2.57. The second-order valence-corrected chi connectivity index (χ2v) is 4.53. The van der Waals surface area contributed by atoms with Crippen molar-refractivity contribution in [2.45, 2.75) is 0 Å². The van der Waals surface area contributed by atoms with Crippen molar-refractivity contribution in [3.05, 3.63) is 47.5 Å². The lowest BCUT2D eigenvalue weighted by Crippen LogP contribution is -2.01. The van der Waals surface area contributed by atoms with Gasteiger partial charge in [0, 0.05) is 0 Å². The van der Waals surface area contributed by atoms with Gasteiger partial charge in [-0.2, -0.15) is 0 Å². The lowest BCUT2D eigenvalue weighted by atomic mass is 10.00. The lowest BCUT2D eigenvalue weighted by molar-refractivity contribution is -0.121. The Labute approximate surface area is 134 Å². The minimum Gasteiger partial charge on any atom is -0.478 e. The molecular formula is C16H10O8. The Morgan fingerprint density at radius 2 is 1.08 bits per heavy atom. The van der Waals surface area contributed by atoms with Crippen molar-refractivity contribution >= 4 is 24.9 Å². The number of carboxylic acid groups (broad SMARTS) is 2. The molecule has 0 atom stereocenters. The van der Waals surface area contributed by atoms with Gasteiger partial charge in [0.1, 0.15) is 11.5 Å². The van der Waals surface area contributed by atoms with Gasteiger partial charge in [0.05, 0.1) is 11.1 Å². The molecule has 0 aliphatic carbocycles. The summed E-state index contributed by atoms with van der Waals surface area (Å²) in [6.07, 6.45) is 0. The normalized spacial score (nSPS) is 9.83. The Morgan fingerprint density at radius 3 is 1.38 bits per heavy atom. The molecule has 2 rings (SSSR count). The first-order valence-corrected chi connectivity index (χ1v) is 6.42. The molecular weight excluding hydrogens is 320 g/mol. The Kier molecular flexibility index (Phi) is 4.90. The zero-order valence-electron chi connectivity index (χ0n) is 12.0. The van der Waals surface area contributed by atoms with E-state index in [4.69, 9.17) is 10.2 Å². The van der Waals surface area contributed by atoms with E-state index in [1.807, 2.05) is 0 Å². The molecule has 0 bridgehead atoms. The molecule has 0 heterocycles. The Bertz CT molecular complexity index is 755. The largest absolute Gasteiger partial charge is 0.478 e. The van der Waals surface area contributed by atoms with Gasteiger partial charge in [-0.3, -0.25) is 9.59 Å². The molecule has 0 saturated heterocycles. The maximum atomic E-state index is 11.2. The van der Waals surface area contributed by atoms with Gasteiger partial charge in [-0.05, 0) is 47.5 Å². The van der Waals surface area contributed by atoms with Crippen LogP contribution in [0.3, 0.4) is 0 Å². The number of hydrogen-bond acceptors (Lipinski definition) is 6. The molecule has 2 aromatic rings. The van der Waals surface area contributed by atoms with E-state index in [9.17, 15) is 19.2 Å². The van der Waals surface area contributed by atoms with E-state index in [0.29, 0.717) is 0 Å². The zero-order chi connectivity index (χ0) is 17.7. The monoisotopic (exact) mass is 330 g/mol. The predicted molar refractivity (Wildman–Crippen MR) is 79.2 cm³/mol. The summed E-state index contributed by atoms with van der Waals surface area (Å²) >= 11 is 0. The van der Waals surface area contributed by atoms with Crippen LogP contribution in [-0.4, -0.2) is 35.1 Å². The average molecular weight is 330 g/mol. The van der Waals surface area contributed by atoms with E-state index in [1.54, 1.807) is 0 Å². The van der Waals surface area contributed by atoms with E-state index in [2.05, 4.69) is 9.47 Å². The Balaban J connectivity index is 2.64. The van der Waals surface area contributed by atoms with E-state index >= 15 is 0 Å². The first-order chi connectivity index (χ1) is 11.4. The van der Waals surface area contributed by atoms with E-state index in [1.165, 1.54) is 24.3 Å². The van der Waals surface area contributed by atoms with Crippen molar-refractivity contribution in [3.8, 4) is 22.6 Å². The minimum atomic E-state index is -1.26. The molecule has 0 saturated carbocycles. The van der Waals surface area contributed by atoms with Crippen molar-refractivity contribution in [2.75, 3.05) is 0 Å². The molecule has 0 unspecified atom stereocenters. The van der Waals surface area contributed by atoms with E-state index in [-0.39, 0.29) is 46.7 Å². The van der Waals surface area contributed by atoms with Crippen LogP contribution >= 0.6 is 0 Å². The molecule has 0 radical (unpaired) electrons. The molecule has 0 aliphatic heterocycles. The summed E-state index contributed by atoms with van der Waals surface area (Å²) < 4.78 is 9.33. The highest BCUT2D eigenvalue weighted by Crippen LogP contribution is 2.30. The zero-order valence-corrected chi connectivity index (χ0v) is 12.0. The van der Waals surface area contributed by atoms with Crippen molar-refractivity contribution in [2.24, 2.45) is 0 Å². The van der Waals surface area contributed by atoms with E-state index < -0.39 is 11.9 Å². The highest BCUT2D eigenvalue weighted by atomic mass is 16.5. The summed E-state index contributed by atoms with van der Waals surface area (Å²) in [5.41, 5.74) is 0.210. The molecule has 0 aliphatic rings. The van der Waals surface area contributed by atoms with Gasteiger partial charge >= 0.3 is 11.9 Å². The van der Waals surface area contributed by atoms with Crippen molar-refractivity contribution < 1.29 is 38.9 Å². The number of carbonyl (C=O) groups excluding carboxylic acids is 2. The Morgan fingerprint density at radius 1 is 0.708 bits per heavy atom. The third kappa shape index (κ3) is 3.74. The van der Waals surface area contributed by atoms with Crippen LogP contribution in [0.5, 0.6) is 11.5 Å². The fourth-order valence-corrected chi connectivity index (χ4v) is 2.03. The first kappa shape index (κ1) is 16.7.